The number of nitrogens with one attached hydrogen (secondary N) is 1. The summed E-state index contributed by atoms with van der Waals surface area (Å²) in [7, 11) is -3.86. The van der Waals surface area contributed by atoms with Gasteiger partial charge < -0.3 is 15.4 Å². The molecule has 2 aliphatic heterocycles. The number of halogens is 1. The number of hydrogen-bond donors (Lipinski definition) is 2. The molecule has 2 aromatic rings. The molecule has 0 aliphatic carbocycles. The zero-order valence-corrected chi connectivity index (χ0v) is 16.9. The Labute approximate surface area is 173 Å². The lowest BCUT2D eigenvalue weighted by molar-refractivity contribution is 0.0628. The number of carbonyl (C=O) groups excluding carboxylic acids is 1. The summed E-state index contributed by atoms with van der Waals surface area (Å²) in [6.07, 6.45) is 1.64. The molecule has 10 heteroatoms. The van der Waals surface area contributed by atoms with Gasteiger partial charge in [-0.25, -0.2) is 4.39 Å². The number of anilines is 1. The molecule has 0 aromatic heterocycles. The number of hydrogen-bond acceptors (Lipinski definition) is 5. The Balaban J connectivity index is 1.45. The Bertz CT molecular complexity index is 1120. The van der Waals surface area contributed by atoms with Crippen molar-refractivity contribution in [3.8, 4) is 5.75 Å². The van der Waals surface area contributed by atoms with Gasteiger partial charge >= 0.3 is 10.2 Å². The molecule has 0 radical (unpaired) electrons. The topological polar surface area (TPSA) is 114 Å². The Morgan fingerprint density at radius 1 is 1.27 bits per heavy atom. The first kappa shape index (κ1) is 20.1. The number of ether oxygens (including phenoxy) is 1. The van der Waals surface area contributed by atoms with Crippen molar-refractivity contribution in [1.29, 1.82) is 0 Å². The number of nitrogens with two attached hydrogens (primary N) is 1. The number of amidine groups is 1. The number of rotatable bonds is 4. The van der Waals surface area contributed by atoms with Gasteiger partial charge in [-0.1, -0.05) is 18.2 Å². The molecule has 2 aliphatic rings. The standard InChI is InChI=1S/C20H21FN4O4S/c21-15-7-2-1-6-14(15)20(26)25-10-4-5-13(11-25)12-29-17-9-3-8-16-18(17)19(22)24-30(27,28)23-16/h1-3,6-9,13,23H,4-5,10-12H2,(H2,22,24). The summed E-state index contributed by atoms with van der Waals surface area (Å²) in [5, 5.41) is 0. The average Bonchev–Trinajstić information content (AvgIpc) is 2.71. The highest BCUT2D eigenvalue weighted by atomic mass is 32.2. The molecular formula is C20H21FN4O4S. The van der Waals surface area contributed by atoms with Gasteiger partial charge in [-0.15, -0.1) is 4.40 Å². The third kappa shape index (κ3) is 4.09. The maximum Gasteiger partial charge on any atom is 0.344 e. The molecule has 1 unspecified atom stereocenters. The first-order valence-corrected chi connectivity index (χ1v) is 11.0. The smallest absolute Gasteiger partial charge is 0.344 e. The second-order valence-electron chi connectivity index (χ2n) is 7.28. The Morgan fingerprint density at radius 2 is 2.07 bits per heavy atom. The van der Waals surface area contributed by atoms with Crippen LogP contribution in [0.5, 0.6) is 5.75 Å². The van der Waals surface area contributed by atoms with Crippen LogP contribution in [-0.4, -0.2) is 44.8 Å². The van der Waals surface area contributed by atoms with Crippen molar-refractivity contribution in [2.45, 2.75) is 12.8 Å². The molecule has 1 saturated heterocycles. The van der Waals surface area contributed by atoms with E-state index in [4.69, 9.17) is 10.5 Å². The van der Waals surface area contributed by atoms with Gasteiger partial charge in [0.05, 0.1) is 23.4 Å². The van der Waals surface area contributed by atoms with Crippen molar-refractivity contribution in [1.82, 2.24) is 4.90 Å². The van der Waals surface area contributed by atoms with Crippen molar-refractivity contribution in [3.05, 3.63) is 59.4 Å². The van der Waals surface area contributed by atoms with Crippen molar-refractivity contribution in [3.63, 3.8) is 0 Å². The summed E-state index contributed by atoms with van der Waals surface area (Å²) in [6.45, 7) is 1.31. The summed E-state index contributed by atoms with van der Waals surface area (Å²) >= 11 is 0. The minimum atomic E-state index is -3.86. The van der Waals surface area contributed by atoms with Crippen molar-refractivity contribution < 1.29 is 22.3 Å². The van der Waals surface area contributed by atoms with Gasteiger partial charge in [0.2, 0.25) is 0 Å². The van der Waals surface area contributed by atoms with Gasteiger partial charge in [0.25, 0.3) is 5.91 Å². The van der Waals surface area contributed by atoms with Gasteiger partial charge in [-0.2, -0.15) is 8.42 Å². The summed E-state index contributed by atoms with van der Waals surface area (Å²) in [4.78, 5) is 14.3. The maximum atomic E-state index is 14.0. The van der Waals surface area contributed by atoms with Crippen LogP contribution >= 0.6 is 0 Å². The van der Waals surface area contributed by atoms with Gasteiger partial charge in [-0.05, 0) is 37.1 Å². The van der Waals surface area contributed by atoms with E-state index < -0.39 is 16.0 Å². The van der Waals surface area contributed by atoms with E-state index >= 15 is 0 Å². The fourth-order valence-corrected chi connectivity index (χ4v) is 4.58. The summed E-state index contributed by atoms with van der Waals surface area (Å²) in [6, 6.07) is 10.9. The highest BCUT2D eigenvalue weighted by Crippen LogP contribution is 2.31. The molecule has 0 saturated carbocycles. The first-order valence-electron chi connectivity index (χ1n) is 9.52. The van der Waals surface area contributed by atoms with E-state index in [1.165, 1.54) is 12.1 Å². The second kappa shape index (κ2) is 7.94. The predicted molar refractivity (Wildman–Crippen MR) is 110 cm³/mol. The van der Waals surface area contributed by atoms with Crippen LogP contribution in [0.3, 0.4) is 0 Å². The molecule has 3 N–H and O–H groups in total. The molecule has 2 aromatic carbocycles. The monoisotopic (exact) mass is 432 g/mol. The van der Waals surface area contributed by atoms with E-state index in [9.17, 15) is 17.6 Å². The Kier molecular flexibility index (Phi) is 5.33. The number of piperidine rings is 1. The van der Waals surface area contributed by atoms with Gasteiger partial charge in [0.15, 0.2) is 5.84 Å². The third-order valence-corrected chi connectivity index (χ3v) is 6.04. The predicted octanol–water partition coefficient (Wildman–Crippen LogP) is 2.13. The van der Waals surface area contributed by atoms with Crippen LogP contribution in [0.25, 0.3) is 0 Å². The lowest BCUT2D eigenvalue weighted by Crippen LogP contribution is -2.42. The fraction of sp³-hybridized carbons (Fsp3) is 0.300. The van der Waals surface area contributed by atoms with Crippen LogP contribution in [0.2, 0.25) is 0 Å². The normalized spacial score (nSPS) is 20.0. The Hall–Kier alpha value is -3.14. The van der Waals surface area contributed by atoms with E-state index in [0.29, 0.717) is 36.7 Å². The molecule has 30 heavy (non-hydrogen) atoms. The number of carbonyl (C=O) groups is 1. The minimum Gasteiger partial charge on any atom is -0.492 e. The molecule has 0 bridgehead atoms. The average molecular weight is 432 g/mol. The van der Waals surface area contributed by atoms with Crippen molar-refractivity contribution in [2.24, 2.45) is 16.0 Å². The maximum absolute atomic E-state index is 14.0. The van der Waals surface area contributed by atoms with Gasteiger partial charge in [0.1, 0.15) is 11.6 Å². The van der Waals surface area contributed by atoms with Gasteiger partial charge in [-0.3, -0.25) is 9.52 Å². The fourth-order valence-electron chi connectivity index (χ4n) is 3.74. The van der Waals surface area contributed by atoms with E-state index in [2.05, 4.69) is 9.12 Å². The molecule has 158 valence electrons. The molecule has 1 fully saturated rings. The van der Waals surface area contributed by atoms with E-state index in [-0.39, 0.29) is 23.2 Å². The van der Waals surface area contributed by atoms with Crippen LogP contribution in [0.15, 0.2) is 46.9 Å². The van der Waals surface area contributed by atoms with E-state index in [0.717, 1.165) is 12.8 Å². The van der Waals surface area contributed by atoms with E-state index in [1.807, 2.05) is 0 Å². The van der Waals surface area contributed by atoms with Crippen molar-refractivity contribution in [2.75, 3.05) is 24.4 Å². The van der Waals surface area contributed by atoms with Gasteiger partial charge in [0, 0.05) is 19.0 Å². The molecule has 8 nitrogen and oxygen atoms in total. The number of amides is 1. The summed E-state index contributed by atoms with van der Waals surface area (Å²) in [5.74, 6) is -0.550. The van der Waals surface area contributed by atoms with Crippen LogP contribution in [-0.2, 0) is 10.2 Å². The minimum absolute atomic E-state index is 0.0452. The largest absolute Gasteiger partial charge is 0.492 e. The van der Waals surface area contributed by atoms with Crippen LogP contribution in [0.1, 0.15) is 28.8 Å². The van der Waals surface area contributed by atoms with Crippen molar-refractivity contribution >= 4 is 27.6 Å². The molecule has 0 spiro atoms. The molecule has 4 rings (SSSR count). The zero-order chi connectivity index (χ0) is 21.3. The highest BCUT2D eigenvalue weighted by Gasteiger charge is 2.28. The zero-order valence-electron chi connectivity index (χ0n) is 16.0. The molecule has 1 amide bonds. The summed E-state index contributed by atoms with van der Waals surface area (Å²) in [5.41, 5.74) is 6.59. The van der Waals surface area contributed by atoms with Crippen LogP contribution < -0.4 is 15.2 Å². The molecular weight excluding hydrogens is 411 g/mol. The number of benzene rings is 2. The summed E-state index contributed by atoms with van der Waals surface area (Å²) < 4.78 is 49.1. The Morgan fingerprint density at radius 3 is 2.87 bits per heavy atom. The lowest BCUT2D eigenvalue weighted by Gasteiger charge is -2.33. The van der Waals surface area contributed by atoms with E-state index in [1.54, 1.807) is 35.2 Å². The quantitative estimate of drug-likeness (QED) is 0.768. The third-order valence-electron chi connectivity index (χ3n) is 5.12. The molecule has 1 atom stereocenters. The lowest BCUT2D eigenvalue weighted by atomic mass is 9.98. The van der Waals surface area contributed by atoms with Crippen LogP contribution in [0, 0.1) is 11.7 Å². The molecule has 2 heterocycles. The SMILES string of the molecule is NC1=NS(=O)(=O)Nc2cccc(OCC3CCCN(C(=O)c4ccccc4F)C3)c21. The second-order valence-corrected chi connectivity index (χ2v) is 8.62. The van der Waals surface area contributed by atoms with Crippen LogP contribution in [0.4, 0.5) is 10.1 Å². The first-order chi connectivity index (χ1) is 14.3. The number of fused-ring (bicyclic) bond motifs is 1. The highest BCUT2D eigenvalue weighted by molar-refractivity contribution is 7.91. The number of nitrogens with zero attached hydrogens (tertiary/aromatic N) is 2. The number of likely N-dealkylation sites (tertiary alicyclic amines) is 1.